The fraction of sp³-hybridized carbons (Fsp3) is 0.478. The van der Waals surface area contributed by atoms with E-state index in [4.69, 9.17) is 0 Å². The van der Waals surface area contributed by atoms with Crippen LogP contribution in [0, 0.1) is 5.92 Å². The van der Waals surface area contributed by atoms with Crippen LogP contribution in [0.3, 0.4) is 0 Å². The molecule has 0 amide bonds. The Bertz CT molecular complexity index is 698. The summed E-state index contributed by atoms with van der Waals surface area (Å²) in [6, 6.07) is 19.4. The van der Waals surface area contributed by atoms with Gasteiger partial charge in [-0.25, -0.2) is 0 Å². The quantitative estimate of drug-likeness (QED) is 0.866. The van der Waals surface area contributed by atoms with Crippen molar-refractivity contribution in [2.24, 2.45) is 5.92 Å². The van der Waals surface area contributed by atoms with Gasteiger partial charge in [0.1, 0.15) is 0 Å². The van der Waals surface area contributed by atoms with E-state index in [1.54, 1.807) is 0 Å². The number of fused-ring (bicyclic) bond motifs is 2. The van der Waals surface area contributed by atoms with Crippen LogP contribution in [0.25, 0.3) is 0 Å². The van der Waals surface area contributed by atoms with Crippen molar-refractivity contribution in [1.82, 2.24) is 4.90 Å². The highest BCUT2D eigenvalue weighted by atomic mass is 16.3. The molecule has 1 heterocycles. The summed E-state index contributed by atoms with van der Waals surface area (Å²) in [4.78, 5) is 2.74. The van der Waals surface area contributed by atoms with Gasteiger partial charge in [-0.15, -0.1) is 0 Å². The topological polar surface area (TPSA) is 23.5 Å². The Morgan fingerprint density at radius 3 is 2.52 bits per heavy atom. The van der Waals surface area contributed by atoms with Crippen molar-refractivity contribution < 1.29 is 5.11 Å². The van der Waals surface area contributed by atoms with E-state index in [0.717, 1.165) is 24.4 Å². The number of hydrogen-bond donors (Lipinski definition) is 1. The minimum Gasteiger partial charge on any atom is -0.392 e. The lowest BCUT2D eigenvalue weighted by Gasteiger charge is -2.53. The van der Waals surface area contributed by atoms with Crippen molar-refractivity contribution in [3.8, 4) is 0 Å². The molecule has 2 atom stereocenters. The number of piperidine rings is 1. The van der Waals surface area contributed by atoms with Crippen LogP contribution >= 0.6 is 0 Å². The molecule has 1 N–H and O–H groups in total. The molecule has 1 saturated heterocycles. The molecule has 0 spiro atoms. The maximum atomic E-state index is 9.71. The van der Waals surface area contributed by atoms with Gasteiger partial charge in [0.15, 0.2) is 0 Å². The van der Waals surface area contributed by atoms with Crippen molar-refractivity contribution in [2.45, 2.75) is 57.2 Å². The van der Waals surface area contributed by atoms with Crippen LogP contribution in [0.15, 0.2) is 54.6 Å². The van der Waals surface area contributed by atoms with E-state index in [0.29, 0.717) is 5.54 Å². The lowest BCUT2D eigenvalue weighted by Crippen LogP contribution is -2.56. The number of rotatable bonds is 5. The Labute approximate surface area is 151 Å². The maximum Gasteiger partial charge on any atom is 0.0685 e. The highest BCUT2D eigenvalue weighted by Gasteiger charge is 2.44. The van der Waals surface area contributed by atoms with Crippen molar-refractivity contribution >= 4 is 0 Å². The molecule has 0 aromatic heterocycles. The molecule has 0 radical (unpaired) electrons. The molecular formula is C23H29NO. The molecule has 1 aliphatic heterocycles. The van der Waals surface area contributed by atoms with E-state index in [1.165, 1.54) is 49.8 Å². The normalized spacial score (nSPS) is 26.5. The summed E-state index contributed by atoms with van der Waals surface area (Å²) in [6.45, 7) is 2.30. The van der Waals surface area contributed by atoms with Gasteiger partial charge in [-0.05, 0) is 54.8 Å². The molecule has 2 aliphatic rings. The van der Waals surface area contributed by atoms with E-state index in [1.807, 2.05) is 6.07 Å². The number of aliphatic hydroxyl groups excluding tert-OH is 1. The zero-order valence-electron chi connectivity index (χ0n) is 15.0. The summed E-state index contributed by atoms with van der Waals surface area (Å²) in [5, 5.41) is 9.71. The summed E-state index contributed by atoms with van der Waals surface area (Å²) in [7, 11) is 0. The van der Waals surface area contributed by atoms with Crippen molar-refractivity contribution in [2.75, 3.05) is 6.54 Å². The Hall–Kier alpha value is -1.64. The van der Waals surface area contributed by atoms with Gasteiger partial charge in [-0.1, -0.05) is 67.4 Å². The van der Waals surface area contributed by atoms with Gasteiger partial charge in [0.05, 0.1) is 6.61 Å². The Morgan fingerprint density at radius 2 is 1.72 bits per heavy atom. The van der Waals surface area contributed by atoms with E-state index < -0.39 is 0 Å². The average Bonchev–Trinajstić information content (AvgIpc) is 2.65. The molecule has 2 aromatic rings. The molecule has 0 unspecified atom stereocenters. The summed E-state index contributed by atoms with van der Waals surface area (Å²) in [6.07, 6.45) is 7.90. The van der Waals surface area contributed by atoms with Crippen LogP contribution in [-0.4, -0.2) is 22.1 Å². The molecule has 1 aliphatic carbocycles. The molecular weight excluding hydrogens is 306 g/mol. The monoisotopic (exact) mass is 335 g/mol. The van der Waals surface area contributed by atoms with Crippen molar-refractivity contribution in [3.63, 3.8) is 0 Å². The van der Waals surface area contributed by atoms with Crippen LogP contribution in [0.2, 0.25) is 0 Å². The number of aliphatic hydroxyl groups is 1. The number of hydrogen-bond acceptors (Lipinski definition) is 2. The minimum atomic E-state index is 0.137. The van der Waals surface area contributed by atoms with Gasteiger partial charge in [-0.2, -0.15) is 0 Å². The third kappa shape index (κ3) is 3.51. The second-order valence-electron chi connectivity index (χ2n) is 7.99. The fourth-order valence-electron chi connectivity index (χ4n) is 5.14. The zero-order chi connectivity index (χ0) is 17.1. The third-order valence-electron chi connectivity index (χ3n) is 6.43. The second-order valence-corrected chi connectivity index (χ2v) is 7.99. The third-order valence-corrected chi connectivity index (χ3v) is 6.43. The van der Waals surface area contributed by atoms with E-state index in [2.05, 4.69) is 53.4 Å². The molecule has 25 heavy (non-hydrogen) atoms. The molecule has 1 saturated carbocycles. The summed E-state index contributed by atoms with van der Waals surface area (Å²) in [5.74, 6) is 0.904. The van der Waals surface area contributed by atoms with Gasteiger partial charge in [0.25, 0.3) is 0 Å². The van der Waals surface area contributed by atoms with Crippen LogP contribution in [0.5, 0.6) is 0 Å². The molecule has 2 heteroatoms. The smallest absolute Gasteiger partial charge is 0.0685 e. The first-order chi connectivity index (χ1) is 12.3. The van der Waals surface area contributed by atoms with Crippen molar-refractivity contribution in [1.29, 1.82) is 0 Å². The highest BCUT2D eigenvalue weighted by Crippen LogP contribution is 2.45. The van der Waals surface area contributed by atoms with Gasteiger partial charge in [0.2, 0.25) is 0 Å². The first-order valence-electron chi connectivity index (χ1n) is 9.76. The zero-order valence-corrected chi connectivity index (χ0v) is 15.0. The van der Waals surface area contributed by atoms with Gasteiger partial charge in [-0.3, -0.25) is 4.90 Å². The average molecular weight is 335 g/mol. The standard InChI is InChI=1S/C23H29NO/c25-18-22-11-5-4-10-21(22)17-24-14-12-20-9-6-13-23(24,16-20)15-19-7-2-1-3-8-19/h1-5,7-8,10-11,20,25H,6,9,12-18H2/t20-,23+/m1/s1. The first-order valence-corrected chi connectivity index (χ1v) is 9.76. The van der Waals surface area contributed by atoms with E-state index in [9.17, 15) is 5.11 Å². The molecule has 4 rings (SSSR count). The summed E-state index contributed by atoms with van der Waals surface area (Å²) >= 11 is 0. The Balaban J connectivity index is 1.62. The lowest BCUT2D eigenvalue weighted by atomic mass is 9.68. The molecule has 2 nitrogen and oxygen atoms in total. The lowest BCUT2D eigenvalue weighted by molar-refractivity contribution is -0.0209. The van der Waals surface area contributed by atoms with Crippen LogP contribution in [0.1, 0.15) is 48.8 Å². The van der Waals surface area contributed by atoms with Crippen molar-refractivity contribution in [3.05, 3.63) is 71.3 Å². The summed E-state index contributed by atoms with van der Waals surface area (Å²) in [5.41, 5.74) is 4.13. The summed E-state index contributed by atoms with van der Waals surface area (Å²) < 4.78 is 0. The molecule has 2 fully saturated rings. The number of benzene rings is 2. The fourth-order valence-corrected chi connectivity index (χ4v) is 5.14. The van der Waals surface area contributed by atoms with Crippen LogP contribution in [0.4, 0.5) is 0 Å². The van der Waals surface area contributed by atoms with Gasteiger partial charge < -0.3 is 5.11 Å². The highest BCUT2D eigenvalue weighted by molar-refractivity contribution is 5.27. The van der Waals surface area contributed by atoms with Crippen LogP contribution < -0.4 is 0 Å². The first kappa shape index (κ1) is 16.8. The predicted molar refractivity (Wildman–Crippen MR) is 102 cm³/mol. The van der Waals surface area contributed by atoms with Gasteiger partial charge >= 0.3 is 0 Å². The SMILES string of the molecule is OCc1ccccc1CN1CC[C@H]2CCC[C@]1(Cc1ccccc1)C2. The van der Waals surface area contributed by atoms with E-state index >= 15 is 0 Å². The maximum absolute atomic E-state index is 9.71. The Kier molecular flexibility index (Phi) is 4.91. The van der Waals surface area contributed by atoms with Crippen LogP contribution in [-0.2, 0) is 19.6 Å². The molecule has 2 bridgehead atoms. The number of likely N-dealkylation sites (tertiary alicyclic amines) is 1. The molecule has 132 valence electrons. The second kappa shape index (κ2) is 7.31. The largest absolute Gasteiger partial charge is 0.392 e. The Morgan fingerprint density at radius 1 is 0.960 bits per heavy atom. The predicted octanol–water partition coefficient (Wildman–Crippen LogP) is 4.56. The van der Waals surface area contributed by atoms with E-state index in [-0.39, 0.29) is 6.61 Å². The minimum absolute atomic E-state index is 0.137. The molecule has 2 aromatic carbocycles. The number of nitrogens with zero attached hydrogens (tertiary/aromatic N) is 1. The van der Waals surface area contributed by atoms with Gasteiger partial charge in [0, 0.05) is 12.1 Å².